The monoisotopic (exact) mass is 264 g/mol. The molecule has 4 nitrogen and oxygen atoms in total. The fraction of sp³-hybridized carbons (Fsp3) is 0.800. The third-order valence-corrected chi connectivity index (χ3v) is 4.63. The maximum absolute atomic E-state index is 4.26. The summed E-state index contributed by atoms with van der Waals surface area (Å²) >= 11 is 0. The van der Waals surface area contributed by atoms with Crippen LogP contribution in [0.4, 0.5) is 0 Å². The second-order valence-electron chi connectivity index (χ2n) is 5.99. The molecule has 1 saturated carbocycles. The van der Waals surface area contributed by atoms with Crippen LogP contribution in [0.1, 0.15) is 38.2 Å². The zero-order chi connectivity index (χ0) is 13.8. The molecule has 19 heavy (non-hydrogen) atoms. The molecule has 1 aliphatic rings. The Morgan fingerprint density at radius 1 is 1.47 bits per heavy atom. The molecule has 3 atom stereocenters. The molecule has 1 fully saturated rings. The molecule has 0 spiro atoms. The number of nitrogens with one attached hydrogen (secondary N) is 1. The number of nitrogens with zero attached hydrogens (tertiary/aromatic N) is 3. The van der Waals surface area contributed by atoms with Crippen molar-refractivity contribution in [1.82, 2.24) is 20.0 Å². The van der Waals surface area contributed by atoms with Gasteiger partial charge in [0, 0.05) is 37.4 Å². The average Bonchev–Trinajstić information content (AvgIpc) is 2.83. The first-order valence-electron chi connectivity index (χ1n) is 7.49. The van der Waals surface area contributed by atoms with Crippen LogP contribution in [0.15, 0.2) is 12.4 Å². The third kappa shape index (κ3) is 3.57. The van der Waals surface area contributed by atoms with E-state index in [4.69, 9.17) is 0 Å². The van der Waals surface area contributed by atoms with Gasteiger partial charge in [0.1, 0.15) is 0 Å². The highest BCUT2D eigenvalue weighted by molar-refractivity contribution is 5.04. The van der Waals surface area contributed by atoms with Gasteiger partial charge in [-0.1, -0.05) is 13.3 Å². The summed E-state index contributed by atoms with van der Waals surface area (Å²) in [5.74, 6) is 0.894. The molecular weight excluding hydrogens is 236 g/mol. The number of rotatable bonds is 5. The molecule has 1 N–H and O–H groups in total. The molecule has 0 saturated heterocycles. The van der Waals surface area contributed by atoms with Crippen LogP contribution in [-0.2, 0) is 13.6 Å². The summed E-state index contributed by atoms with van der Waals surface area (Å²) in [5, 5.41) is 7.77. The lowest BCUT2D eigenvalue weighted by Crippen LogP contribution is -2.50. The largest absolute Gasteiger partial charge is 0.315 e. The summed E-state index contributed by atoms with van der Waals surface area (Å²) in [6.07, 6.45) is 9.40. The second kappa shape index (κ2) is 6.53. The number of aryl methyl sites for hydroxylation is 1. The zero-order valence-electron chi connectivity index (χ0n) is 12.8. The Kier molecular flexibility index (Phi) is 4.99. The quantitative estimate of drug-likeness (QED) is 0.883. The lowest BCUT2D eigenvalue weighted by Gasteiger charge is -2.41. The highest BCUT2D eigenvalue weighted by Gasteiger charge is 2.31. The minimum atomic E-state index is 0.629. The molecular formula is C15H28N4. The van der Waals surface area contributed by atoms with Gasteiger partial charge in [-0.25, -0.2) is 0 Å². The van der Waals surface area contributed by atoms with Gasteiger partial charge >= 0.3 is 0 Å². The van der Waals surface area contributed by atoms with Crippen molar-refractivity contribution in [3.05, 3.63) is 18.0 Å². The van der Waals surface area contributed by atoms with E-state index >= 15 is 0 Å². The lowest BCUT2D eigenvalue weighted by molar-refractivity contribution is 0.116. The molecule has 2 rings (SSSR count). The average molecular weight is 264 g/mol. The Balaban J connectivity index is 1.99. The van der Waals surface area contributed by atoms with E-state index in [9.17, 15) is 0 Å². The predicted molar refractivity (Wildman–Crippen MR) is 78.9 cm³/mol. The zero-order valence-corrected chi connectivity index (χ0v) is 12.8. The first-order valence-corrected chi connectivity index (χ1v) is 7.49. The van der Waals surface area contributed by atoms with Crippen molar-refractivity contribution >= 4 is 0 Å². The van der Waals surface area contributed by atoms with Gasteiger partial charge in [-0.15, -0.1) is 0 Å². The standard InChI is InChI=1S/C15H28N4/c1-5-12-6-7-14(16-2)15(8-12)18(3)10-13-9-17-19(4)11-13/h9,11-12,14-16H,5-8,10H2,1-4H3. The first kappa shape index (κ1) is 14.5. The van der Waals surface area contributed by atoms with Gasteiger partial charge in [-0.3, -0.25) is 9.58 Å². The minimum Gasteiger partial charge on any atom is -0.315 e. The summed E-state index contributed by atoms with van der Waals surface area (Å²) in [6, 6.07) is 1.27. The molecule has 1 heterocycles. The minimum absolute atomic E-state index is 0.629. The van der Waals surface area contributed by atoms with E-state index in [1.54, 1.807) is 0 Å². The van der Waals surface area contributed by atoms with Gasteiger partial charge in [0.25, 0.3) is 0 Å². The summed E-state index contributed by atoms with van der Waals surface area (Å²) in [7, 11) is 6.33. The molecule has 0 aromatic carbocycles. The van der Waals surface area contributed by atoms with Gasteiger partial charge in [-0.2, -0.15) is 5.10 Å². The fourth-order valence-corrected chi connectivity index (χ4v) is 3.38. The van der Waals surface area contributed by atoms with Crippen molar-refractivity contribution in [2.45, 2.75) is 51.2 Å². The van der Waals surface area contributed by atoms with Crippen molar-refractivity contribution in [3.63, 3.8) is 0 Å². The Morgan fingerprint density at radius 2 is 2.26 bits per heavy atom. The molecule has 3 unspecified atom stereocenters. The normalized spacial score (nSPS) is 27.9. The van der Waals surface area contributed by atoms with Crippen molar-refractivity contribution in [1.29, 1.82) is 0 Å². The molecule has 0 aliphatic heterocycles. The topological polar surface area (TPSA) is 33.1 Å². The maximum Gasteiger partial charge on any atom is 0.0534 e. The number of aromatic nitrogens is 2. The molecule has 1 aromatic heterocycles. The van der Waals surface area contributed by atoms with Gasteiger partial charge in [0.2, 0.25) is 0 Å². The number of likely N-dealkylation sites (N-methyl/N-ethyl adjacent to an activating group) is 2. The van der Waals surface area contributed by atoms with Crippen molar-refractivity contribution in [2.24, 2.45) is 13.0 Å². The Morgan fingerprint density at radius 3 is 2.84 bits per heavy atom. The summed E-state index contributed by atoms with van der Waals surface area (Å²) in [6.45, 7) is 3.32. The molecule has 1 aliphatic carbocycles. The van der Waals surface area contributed by atoms with Crippen LogP contribution in [0.2, 0.25) is 0 Å². The van der Waals surface area contributed by atoms with E-state index in [0.29, 0.717) is 12.1 Å². The molecule has 108 valence electrons. The predicted octanol–water partition coefficient (Wildman–Crippen LogP) is 2.02. The van der Waals surface area contributed by atoms with Crippen molar-refractivity contribution in [2.75, 3.05) is 14.1 Å². The van der Waals surface area contributed by atoms with E-state index < -0.39 is 0 Å². The Bertz CT molecular complexity index is 387. The van der Waals surface area contributed by atoms with Crippen molar-refractivity contribution < 1.29 is 0 Å². The van der Waals surface area contributed by atoms with Crippen LogP contribution >= 0.6 is 0 Å². The first-order chi connectivity index (χ1) is 9.13. The number of hydrogen-bond acceptors (Lipinski definition) is 3. The van der Waals surface area contributed by atoms with E-state index in [-0.39, 0.29) is 0 Å². The molecule has 0 amide bonds. The Hall–Kier alpha value is -0.870. The number of hydrogen-bond donors (Lipinski definition) is 1. The fourth-order valence-electron chi connectivity index (χ4n) is 3.38. The molecule has 4 heteroatoms. The molecule has 0 bridgehead atoms. The highest BCUT2D eigenvalue weighted by Crippen LogP contribution is 2.30. The SMILES string of the molecule is CCC1CCC(NC)C(N(C)Cc2cnn(C)c2)C1. The van der Waals surface area contributed by atoms with Crippen LogP contribution in [0.5, 0.6) is 0 Å². The third-order valence-electron chi connectivity index (χ3n) is 4.63. The van der Waals surface area contributed by atoms with Crippen molar-refractivity contribution in [3.8, 4) is 0 Å². The Labute approximate surface area is 117 Å². The van der Waals surface area contributed by atoms with Gasteiger partial charge in [0.15, 0.2) is 0 Å². The van der Waals surface area contributed by atoms with Gasteiger partial charge < -0.3 is 5.32 Å². The van der Waals surface area contributed by atoms with Crippen LogP contribution in [0.3, 0.4) is 0 Å². The maximum atomic E-state index is 4.26. The van der Waals surface area contributed by atoms with E-state index in [1.807, 2.05) is 17.9 Å². The van der Waals surface area contributed by atoms with Gasteiger partial charge in [0.05, 0.1) is 6.20 Å². The smallest absolute Gasteiger partial charge is 0.0534 e. The summed E-state index contributed by atoms with van der Waals surface area (Å²) in [5.41, 5.74) is 1.30. The van der Waals surface area contributed by atoms with Crippen LogP contribution in [-0.4, -0.2) is 40.9 Å². The second-order valence-corrected chi connectivity index (χ2v) is 5.99. The van der Waals surface area contributed by atoms with Crippen LogP contribution in [0.25, 0.3) is 0 Å². The highest BCUT2D eigenvalue weighted by atomic mass is 15.2. The summed E-state index contributed by atoms with van der Waals surface area (Å²) < 4.78 is 1.88. The van der Waals surface area contributed by atoms with Crippen LogP contribution in [0, 0.1) is 5.92 Å². The van der Waals surface area contributed by atoms with E-state index in [0.717, 1.165) is 12.5 Å². The molecule has 0 radical (unpaired) electrons. The van der Waals surface area contributed by atoms with E-state index in [2.05, 4.69) is 42.5 Å². The van der Waals surface area contributed by atoms with E-state index in [1.165, 1.54) is 31.2 Å². The summed E-state index contributed by atoms with van der Waals surface area (Å²) in [4.78, 5) is 2.50. The van der Waals surface area contributed by atoms with Gasteiger partial charge in [-0.05, 0) is 39.3 Å². The lowest BCUT2D eigenvalue weighted by atomic mass is 9.80. The van der Waals surface area contributed by atoms with Crippen LogP contribution < -0.4 is 5.32 Å². The molecule has 1 aromatic rings.